The molecule has 1 aliphatic heterocycles. The van der Waals surface area contributed by atoms with Gasteiger partial charge in [-0.15, -0.1) is 0 Å². The standard InChI is InChI=1S/C15H28N2O4/c1-10-5-12(13(19)20)8-17(7-10)14(21)16-9-15(3,4)6-11(2)18/h10-12,18H,5-9H2,1-4H3,(H,16,21)(H,19,20). The fourth-order valence-electron chi connectivity index (χ4n) is 2.99. The first kappa shape index (κ1) is 17.8. The summed E-state index contributed by atoms with van der Waals surface area (Å²) >= 11 is 0. The number of aliphatic carboxylic acids is 1. The molecule has 1 rings (SSSR count). The lowest BCUT2D eigenvalue weighted by Gasteiger charge is -2.35. The monoisotopic (exact) mass is 300 g/mol. The molecule has 3 N–H and O–H groups in total. The zero-order valence-electron chi connectivity index (χ0n) is 13.4. The van der Waals surface area contributed by atoms with E-state index in [2.05, 4.69) is 5.32 Å². The van der Waals surface area contributed by atoms with Crippen molar-refractivity contribution in [3.05, 3.63) is 0 Å². The number of rotatable bonds is 5. The minimum atomic E-state index is -0.839. The normalized spacial score (nSPS) is 24.5. The number of nitrogens with zero attached hydrogens (tertiary/aromatic N) is 1. The first-order chi connectivity index (χ1) is 9.60. The van der Waals surface area contributed by atoms with Crippen molar-refractivity contribution in [1.82, 2.24) is 10.2 Å². The number of hydrogen-bond acceptors (Lipinski definition) is 3. The van der Waals surface area contributed by atoms with Crippen LogP contribution in [0, 0.1) is 17.3 Å². The summed E-state index contributed by atoms with van der Waals surface area (Å²) in [6.45, 7) is 8.98. The molecule has 1 fully saturated rings. The molecule has 0 saturated carbocycles. The van der Waals surface area contributed by atoms with Crippen LogP contribution < -0.4 is 5.32 Å². The van der Waals surface area contributed by atoms with Crippen LogP contribution in [0.25, 0.3) is 0 Å². The van der Waals surface area contributed by atoms with Gasteiger partial charge in [-0.25, -0.2) is 4.79 Å². The van der Waals surface area contributed by atoms with Gasteiger partial charge in [-0.2, -0.15) is 0 Å². The van der Waals surface area contributed by atoms with Gasteiger partial charge in [0.25, 0.3) is 0 Å². The summed E-state index contributed by atoms with van der Waals surface area (Å²) in [5, 5.41) is 21.4. The largest absolute Gasteiger partial charge is 0.481 e. The van der Waals surface area contributed by atoms with E-state index in [-0.39, 0.29) is 23.9 Å². The number of aliphatic hydroxyl groups is 1. The van der Waals surface area contributed by atoms with Gasteiger partial charge in [0.1, 0.15) is 0 Å². The molecule has 0 aliphatic carbocycles. The maximum absolute atomic E-state index is 12.2. The Kier molecular flexibility index (Phi) is 6.01. The molecular weight excluding hydrogens is 272 g/mol. The number of carbonyl (C=O) groups excluding carboxylic acids is 1. The van der Waals surface area contributed by atoms with Crippen molar-refractivity contribution in [2.24, 2.45) is 17.3 Å². The first-order valence-electron chi connectivity index (χ1n) is 7.54. The quantitative estimate of drug-likeness (QED) is 0.718. The van der Waals surface area contributed by atoms with Crippen molar-refractivity contribution in [2.45, 2.75) is 46.6 Å². The predicted molar refractivity (Wildman–Crippen MR) is 80.0 cm³/mol. The predicted octanol–water partition coefficient (Wildman–Crippen LogP) is 1.54. The molecule has 0 radical (unpaired) electrons. The van der Waals surface area contributed by atoms with Crippen LogP contribution in [0.2, 0.25) is 0 Å². The summed E-state index contributed by atoms with van der Waals surface area (Å²) in [5.74, 6) is -1.13. The molecule has 21 heavy (non-hydrogen) atoms. The molecule has 6 nitrogen and oxygen atoms in total. The summed E-state index contributed by atoms with van der Waals surface area (Å²) in [5.41, 5.74) is -0.197. The molecule has 0 bridgehead atoms. The van der Waals surface area contributed by atoms with E-state index in [1.807, 2.05) is 20.8 Å². The third-order valence-electron chi connectivity index (χ3n) is 3.86. The molecule has 3 unspecified atom stereocenters. The molecule has 6 heteroatoms. The summed E-state index contributed by atoms with van der Waals surface area (Å²) < 4.78 is 0. The van der Waals surface area contributed by atoms with Gasteiger partial charge in [-0.1, -0.05) is 20.8 Å². The number of carboxylic acid groups (broad SMARTS) is 1. The highest BCUT2D eigenvalue weighted by Crippen LogP contribution is 2.23. The van der Waals surface area contributed by atoms with Gasteiger partial charge in [0, 0.05) is 19.6 Å². The van der Waals surface area contributed by atoms with E-state index in [0.29, 0.717) is 25.9 Å². The van der Waals surface area contributed by atoms with Crippen LogP contribution in [-0.4, -0.2) is 52.9 Å². The molecular formula is C15H28N2O4. The van der Waals surface area contributed by atoms with E-state index in [1.54, 1.807) is 11.8 Å². The molecule has 1 aliphatic rings. The molecule has 0 aromatic rings. The number of hydrogen-bond donors (Lipinski definition) is 3. The highest BCUT2D eigenvalue weighted by atomic mass is 16.4. The average molecular weight is 300 g/mol. The van der Waals surface area contributed by atoms with Gasteiger partial charge in [0.05, 0.1) is 12.0 Å². The summed E-state index contributed by atoms with van der Waals surface area (Å²) in [7, 11) is 0. The van der Waals surface area contributed by atoms with Crippen LogP contribution in [-0.2, 0) is 4.79 Å². The Morgan fingerprint density at radius 1 is 1.38 bits per heavy atom. The van der Waals surface area contributed by atoms with Gasteiger partial charge in [0.15, 0.2) is 0 Å². The molecule has 0 aromatic heterocycles. The number of piperidine rings is 1. The maximum atomic E-state index is 12.2. The summed E-state index contributed by atoms with van der Waals surface area (Å²) in [4.78, 5) is 24.9. The first-order valence-corrected chi connectivity index (χ1v) is 7.54. The Morgan fingerprint density at radius 3 is 2.52 bits per heavy atom. The topological polar surface area (TPSA) is 89.9 Å². The molecule has 2 amide bonds. The lowest BCUT2D eigenvalue weighted by Crippen LogP contribution is -2.51. The molecule has 0 spiro atoms. The van der Waals surface area contributed by atoms with E-state index in [4.69, 9.17) is 5.11 Å². The number of urea groups is 1. The molecule has 3 atom stereocenters. The minimum absolute atomic E-state index is 0.191. The van der Waals surface area contributed by atoms with Crippen molar-refractivity contribution in [2.75, 3.05) is 19.6 Å². The van der Waals surface area contributed by atoms with Gasteiger partial charge in [0.2, 0.25) is 0 Å². The van der Waals surface area contributed by atoms with Crippen LogP contribution >= 0.6 is 0 Å². The smallest absolute Gasteiger partial charge is 0.317 e. The SMILES string of the molecule is CC(O)CC(C)(C)CNC(=O)N1CC(C)CC(C(=O)O)C1. The Balaban J connectivity index is 2.53. The lowest BCUT2D eigenvalue weighted by atomic mass is 9.87. The fourth-order valence-corrected chi connectivity index (χ4v) is 2.99. The number of aliphatic hydroxyl groups excluding tert-OH is 1. The Morgan fingerprint density at radius 2 is 2.00 bits per heavy atom. The van der Waals surface area contributed by atoms with E-state index >= 15 is 0 Å². The fraction of sp³-hybridized carbons (Fsp3) is 0.867. The second-order valence-electron chi connectivity index (χ2n) is 7.16. The molecule has 1 heterocycles. The van der Waals surface area contributed by atoms with Gasteiger partial charge < -0.3 is 20.4 Å². The Hall–Kier alpha value is -1.30. The highest BCUT2D eigenvalue weighted by molar-refractivity contribution is 5.76. The van der Waals surface area contributed by atoms with Gasteiger partial charge >= 0.3 is 12.0 Å². The Bertz CT molecular complexity index is 382. The number of carboxylic acids is 1. The maximum Gasteiger partial charge on any atom is 0.317 e. The summed E-state index contributed by atoms with van der Waals surface area (Å²) in [6, 6.07) is -0.216. The highest BCUT2D eigenvalue weighted by Gasteiger charge is 2.32. The lowest BCUT2D eigenvalue weighted by molar-refractivity contribution is -0.143. The van der Waals surface area contributed by atoms with Crippen LogP contribution in [0.1, 0.15) is 40.5 Å². The van der Waals surface area contributed by atoms with Crippen molar-refractivity contribution < 1.29 is 19.8 Å². The second kappa shape index (κ2) is 7.11. The van der Waals surface area contributed by atoms with Crippen molar-refractivity contribution in [1.29, 1.82) is 0 Å². The van der Waals surface area contributed by atoms with Crippen molar-refractivity contribution in [3.8, 4) is 0 Å². The van der Waals surface area contributed by atoms with E-state index in [0.717, 1.165) is 0 Å². The average Bonchev–Trinajstić information content (AvgIpc) is 2.33. The van der Waals surface area contributed by atoms with Crippen LogP contribution in [0.15, 0.2) is 0 Å². The Labute approximate surface area is 126 Å². The van der Waals surface area contributed by atoms with Crippen molar-refractivity contribution >= 4 is 12.0 Å². The number of carbonyl (C=O) groups is 2. The second-order valence-corrected chi connectivity index (χ2v) is 7.16. The third kappa shape index (κ3) is 5.91. The minimum Gasteiger partial charge on any atom is -0.481 e. The summed E-state index contributed by atoms with van der Waals surface area (Å²) in [6.07, 6.45) is 0.803. The third-order valence-corrected chi connectivity index (χ3v) is 3.86. The molecule has 0 aromatic carbocycles. The molecule has 1 saturated heterocycles. The van der Waals surface area contributed by atoms with E-state index in [9.17, 15) is 14.7 Å². The zero-order valence-corrected chi connectivity index (χ0v) is 13.4. The molecule has 122 valence electrons. The van der Waals surface area contributed by atoms with Crippen LogP contribution in [0.5, 0.6) is 0 Å². The van der Waals surface area contributed by atoms with Crippen LogP contribution in [0.4, 0.5) is 4.79 Å². The van der Waals surface area contributed by atoms with Crippen LogP contribution in [0.3, 0.4) is 0 Å². The van der Waals surface area contributed by atoms with E-state index in [1.165, 1.54) is 0 Å². The van der Waals surface area contributed by atoms with Gasteiger partial charge in [-0.3, -0.25) is 4.79 Å². The number of amides is 2. The number of likely N-dealkylation sites (tertiary alicyclic amines) is 1. The van der Waals surface area contributed by atoms with Gasteiger partial charge in [-0.05, 0) is 31.1 Å². The van der Waals surface area contributed by atoms with E-state index < -0.39 is 18.0 Å². The number of nitrogens with one attached hydrogen (secondary N) is 1. The van der Waals surface area contributed by atoms with Crippen molar-refractivity contribution in [3.63, 3.8) is 0 Å². The zero-order chi connectivity index (χ0) is 16.2.